The molecule has 2 amide bonds. The first kappa shape index (κ1) is 16.5. The molecular weight excluding hydrogens is 304 g/mol. The Morgan fingerprint density at radius 1 is 1.27 bits per heavy atom. The smallest absolute Gasteiger partial charge is 0.379 e. The van der Waals surface area contributed by atoms with Gasteiger partial charge in [-0.15, -0.1) is 0 Å². The van der Waals surface area contributed by atoms with Gasteiger partial charge in [0.15, 0.2) is 6.04 Å². The SMILES string of the molecule is O=C(N[C@@H]1CCCOC1)N[C@@H](c1ccc(F)cc1)C(F)(F)F. The van der Waals surface area contributed by atoms with Crippen molar-refractivity contribution in [2.45, 2.75) is 31.1 Å². The number of alkyl halides is 3. The first-order valence-corrected chi connectivity index (χ1v) is 6.83. The lowest BCUT2D eigenvalue weighted by molar-refractivity contribution is -0.155. The fraction of sp³-hybridized carbons (Fsp3) is 0.500. The number of urea groups is 1. The van der Waals surface area contributed by atoms with E-state index in [-0.39, 0.29) is 18.2 Å². The maximum absolute atomic E-state index is 13.1. The summed E-state index contributed by atoms with van der Waals surface area (Å²) in [7, 11) is 0. The van der Waals surface area contributed by atoms with Gasteiger partial charge < -0.3 is 15.4 Å². The van der Waals surface area contributed by atoms with Crippen molar-refractivity contribution < 1.29 is 27.1 Å². The van der Waals surface area contributed by atoms with Crippen LogP contribution in [0.5, 0.6) is 0 Å². The van der Waals surface area contributed by atoms with E-state index in [1.807, 2.05) is 5.32 Å². The molecule has 8 heteroatoms. The van der Waals surface area contributed by atoms with Crippen molar-refractivity contribution in [1.29, 1.82) is 0 Å². The Kier molecular flexibility index (Phi) is 5.23. The number of amides is 2. The number of halogens is 4. The van der Waals surface area contributed by atoms with E-state index in [0.29, 0.717) is 13.0 Å². The molecule has 1 aliphatic heterocycles. The van der Waals surface area contributed by atoms with Crippen molar-refractivity contribution in [1.82, 2.24) is 10.6 Å². The van der Waals surface area contributed by atoms with E-state index in [4.69, 9.17) is 4.74 Å². The number of ether oxygens (including phenoxy) is 1. The quantitative estimate of drug-likeness (QED) is 0.842. The van der Waals surface area contributed by atoms with E-state index in [1.54, 1.807) is 0 Å². The zero-order valence-electron chi connectivity index (χ0n) is 11.6. The fourth-order valence-corrected chi connectivity index (χ4v) is 2.22. The summed E-state index contributed by atoms with van der Waals surface area (Å²) < 4.78 is 57.2. The van der Waals surface area contributed by atoms with Gasteiger partial charge in [-0.2, -0.15) is 13.2 Å². The van der Waals surface area contributed by atoms with Gasteiger partial charge in [-0.25, -0.2) is 9.18 Å². The van der Waals surface area contributed by atoms with E-state index in [0.717, 1.165) is 30.7 Å². The van der Waals surface area contributed by atoms with Gasteiger partial charge in [-0.1, -0.05) is 12.1 Å². The molecule has 1 aliphatic rings. The maximum Gasteiger partial charge on any atom is 0.412 e. The average molecular weight is 320 g/mol. The number of rotatable bonds is 3. The molecule has 22 heavy (non-hydrogen) atoms. The third-order valence-corrected chi connectivity index (χ3v) is 3.30. The summed E-state index contributed by atoms with van der Waals surface area (Å²) in [4.78, 5) is 11.8. The van der Waals surface area contributed by atoms with Crippen LogP contribution in [0.25, 0.3) is 0 Å². The molecule has 0 aromatic heterocycles. The lowest BCUT2D eigenvalue weighted by Gasteiger charge is -2.26. The van der Waals surface area contributed by atoms with Crippen LogP contribution in [-0.4, -0.2) is 31.5 Å². The van der Waals surface area contributed by atoms with E-state index >= 15 is 0 Å². The fourth-order valence-electron chi connectivity index (χ4n) is 2.22. The standard InChI is InChI=1S/C14H16F4N2O2/c15-10-5-3-9(4-6-10)12(14(16,17)18)20-13(21)19-11-2-1-7-22-8-11/h3-6,11-12H,1-2,7-8H2,(H2,19,20,21)/t11-,12+/m1/s1. The molecule has 2 atom stereocenters. The molecule has 2 rings (SSSR count). The number of benzene rings is 1. The molecule has 0 unspecified atom stereocenters. The van der Waals surface area contributed by atoms with Gasteiger partial charge in [-0.05, 0) is 30.5 Å². The Balaban J connectivity index is 2.03. The van der Waals surface area contributed by atoms with Crippen LogP contribution < -0.4 is 10.6 Å². The molecule has 4 nitrogen and oxygen atoms in total. The molecular formula is C14H16F4N2O2. The lowest BCUT2D eigenvalue weighted by Crippen LogP contribution is -2.49. The molecule has 1 aromatic rings. The monoisotopic (exact) mass is 320 g/mol. The second-order valence-electron chi connectivity index (χ2n) is 5.06. The second-order valence-corrected chi connectivity index (χ2v) is 5.06. The van der Waals surface area contributed by atoms with Crippen molar-refractivity contribution in [2.75, 3.05) is 13.2 Å². The van der Waals surface area contributed by atoms with Gasteiger partial charge in [0, 0.05) is 6.61 Å². The first-order chi connectivity index (χ1) is 10.4. The van der Waals surface area contributed by atoms with Gasteiger partial charge in [0.1, 0.15) is 5.82 Å². The molecule has 122 valence electrons. The van der Waals surface area contributed by atoms with Gasteiger partial charge in [0.25, 0.3) is 0 Å². The summed E-state index contributed by atoms with van der Waals surface area (Å²) in [6, 6.07) is 0.399. The van der Waals surface area contributed by atoms with Crippen LogP contribution in [0, 0.1) is 5.82 Å². The number of carbonyl (C=O) groups is 1. The van der Waals surface area contributed by atoms with Crippen LogP contribution in [0.3, 0.4) is 0 Å². The molecule has 0 saturated carbocycles. The number of hydrogen-bond acceptors (Lipinski definition) is 2. The van der Waals surface area contributed by atoms with Crippen LogP contribution in [0.2, 0.25) is 0 Å². The second kappa shape index (κ2) is 6.95. The van der Waals surface area contributed by atoms with E-state index < -0.39 is 24.1 Å². The number of nitrogens with one attached hydrogen (secondary N) is 2. The zero-order valence-corrected chi connectivity index (χ0v) is 11.6. The van der Waals surface area contributed by atoms with Gasteiger partial charge >= 0.3 is 12.2 Å². The summed E-state index contributed by atoms with van der Waals surface area (Å²) in [6.07, 6.45) is -3.29. The normalized spacial score (nSPS) is 20.3. The van der Waals surface area contributed by atoms with Gasteiger partial charge in [0.2, 0.25) is 0 Å². The Morgan fingerprint density at radius 3 is 2.50 bits per heavy atom. The minimum absolute atomic E-state index is 0.232. The topological polar surface area (TPSA) is 50.4 Å². The predicted molar refractivity (Wildman–Crippen MR) is 70.7 cm³/mol. The Morgan fingerprint density at radius 2 is 1.95 bits per heavy atom. The molecule has 0 radical (unpaired) electrons. The summed E-state index contributed by atoms with van der Waals surface area (Å²) in [5.74, 6) is -0.645. The number of carbonyl (C=O) groups excluding carboxylic acids is 1. The molecule has 0 aliphatic carbocycles. The first-order valence-electron chi connectivity index (χ1n) is 6.83. The summed E-state index contributed by atoms with van der Waals surface area (Å²) in [6.45, 7) is 0.862. The Bertz CT molecular complexity index is 499. The van der Waals surface area contributed by atoms with Crippen LogP contribution in [-0.2, 0) is 4.74 Å². The van der Waals surface area contributed by atoms with E-state index in [2.05, 4.69) is 5.32 Å². The molecule has 1 fully saturated rings. The summed E-state index contributed by atoms with van der Waals surface area (Å²) >= 11 is 0. The van der Waals surface area contributed by atoms with Crippen LogP contribution in [0.4, 0.5) is 22.4 Å². The van der Waals surface area contributed by atoms with Crippen molar-refractivity contribution in [3.63, 3.8) is 0 Å². The zero-order chi connectivity index (χ0) is 16.2. The third-order valence-electron chi connectivity index (χ3n) is 3.30. The maximum atomic E-state index is 13.1. The molecule has 1 heterocycles. The minimum atomic E-state index is -4.68. The third kappa shape index (κ3) is 4.59. The predicted octanol–water partition coefficient (Wildman–Crippen LogP) is 2.91. The molecule has 2 N–H and O–H groups in total. The van der Waals surface area contributed by atoms with E-state index in [1.165, 1.54) is 0 Å². The highest BCUT2D eigenvalue weighted by molar-refractivity contribution is 5.75. The van der Waals surface area contributed by atoms with Gasteiger partial charge in [0.05, 0.1) is 12.6 Å². The van der Waals surface area contributed by atoms with Crippen molar-refractivity contribution in [3.05, 3.63) is 35.6 Å². The summed E-state index contributed by atoms with van der Waals surface area (Å²) in [5.41, 5.74) is -0.232. The molecule has 0 spiro atoms. The highest BCUT2D eigenvalue weighted by atomic mass is 19.4. The largest absolute Gasteiger partial charge is 0.412 e. The van der Waals surface area contributed by atoms with Crippen LogP contribution in [0.1, 0.15) is 24.4 Å². The lowest BCUT2D eigenvalue weighted by atomic mass is 10.1. The Labute approximate surface area is 124 Å². The Hall–Kier alpha value is -1.83. The van der Waals surface area contributed by atoms with Gasteiger partial charge in [-0.3, -0.25) is 0 Å². The van der Waals surface area contributed by atoms with Crippen molar-refractivity contribution in [3.8, 4) is 0 Å². The summed E-state index contributed by atoms with van der Waals surface area (Å²) in [5, 5.41) is 4.34. The highest BCUT2D eigenvalue weighted by Gasteiger charge is 2.42. The molecule has 0 bridgehead atoms. The average Bonchev–Trinajstić information content (AvgIpc) is 2.46. The highest BCUT2D eigenvalue weighted by Crippen LogP contribution is 2.32. The van der Waals surface area contributed by atoms with Crippen LogP contribution >= 0.6 is 0 Å². The van der Waals surface area contributed by atoms with Crippen LogP contribution in [0.15, 0.2) is 24.3 Å². The molecule has 1 saturated heterocycles. The minimum Gasteiger partial charge on any atom is -0.379 e. The van der Waals surface area contributed by atoms with Crippen molar-refractivity contribution >= 4 is 6.03 Å². The van der Waals surface area contributed by atoms with E-state index in [9.17, 15) is 22.4 Å². The molecule has 1 aromatic carbocycles. The van der Waals surface area contributed by atoms with Crippen molar-refractivity contribution in [2.24, 2.45) is 0 Å². The number of hydrogen-bond donors (Lipinski definition) is 2.